The van der Waals surface area contributed by atoms with Crippen molar-refractivity contribution in [1.29, 1.82) is 0 Å². The molecule has 0 aliphatic carbocycles. The van der Waals surface area contributed by atoms with E-state index >= 15 is 0 Å². The first kappa shape index (κ1) is 16.4. The monoisotopic (exact) mass is 278 g/mol. The Bertz CT molecular complexity index is 445. The fraction of sp³-hybridized carbons (Fsp3) is 0.600. The molecule has 1 heterocycles. The fourth-order valence-corrected chi connectivity index (χ4v) is 1.94. The van der Waals surface area contributed by atoms with E-state index in [2.05, 4.69) is 42.5 Å². The van der Waals surface area contributed by atoms with Gasteiger partial charge in [0.05, 0.1) is 0 Å². The molecule has 0 aromatic carbocycles. The Balaban J connectivity index is 2.64. The number of carbonyl (C=O) groups excluding carboxylic acids is 1. The molecule has 5 heteroatoms. The van der Waals surface area contributed by atoms with Crippen LogP contribution >= 0.6 is 0 Å². The van der Waals surface area contributed by atoms with Crippen LogP contribution in [0.5, 0.6) is 0 Å². The van der Waals surface area contributed by atoms with E-state index in [1.54, 1.807) is 7.05 Å². The highest BCUT2D eigenvalue weighted by atomic mass is 16.1. The lowest BCUT2D eigenvalue weighted by atomic mass is 10.2. The zero-order valence-electron chi connectivity index (χ0n) is 13.2. The maximum atomic E-state index is 11.3. The molecular formula is C15H26N4O. The molecule has 0 bridgehead atoms. The number of amides is 1. The van der Waals surface area contributed by atoms with Crippen molar-refractivity contribution in [2.75, 3.05) is 25.5 Å². The molecule has 0 spiro atoms. The molecule has 20 heavy (non-hydrogen) atoms. The summed E-state index contributed by atoms with van der Waals surface area (Å²) < 4.78 is 0. The van der Waals surface area contributed by atoms with E-state index < -0.39 is 0 Å². The molecule has 0 radical (unpaired) electrons. The summed E-state index contributed by atoms with van der Waals surface area (Å²) >= 11 is 0. The van der Waals surface area contributed by atoms with Crippen molar-refractivity contribution in [2.24, 2.45) is 0 Å². The zero-order valence-corrected chi connectivity index (χ0v) is 13.2. The average Bonchev–Trinajstić information content (AvgIpc) is 2.42. The Labute approximate surface area is 121 Å². The number of hydrogen-bond donors (Lipinski definition) is 2. The largest absolute Gasteiger partial charge is 0.359 e. The summed E-state index contributed by atoms with van der Waals surface area (Å²) in [7, 11) is 3.62. The van der Waals surface area contributed by atoms with Crippen molar-refractivity contribution in [2.45, 2.75) is 39.8 Å². The number of rotatable bonds is 7. The summed E-state index contributed by atoms with van der Waals surface area (Å²) in [5, 5.41) is 6.01. The summed E-state index contributed by atoms with van der Waals surface area (Å²) in [4.78, 5) is 17.8. The number of aromatic nitrogens is 1. The first-order valence-corrected chi connectivity index (χ1v) is 7.04. The van der Waals surface area contributed by atoms with E-state index in [1.165, 1.54) is 5.56 Å². The molecule has 0 saturated carbocycles. The lowest BCUT2D eigenvalue weighted by Gasteiger charge is -2.20. The smallest absolute Gasteiger partial charge is 0.221 e. The van der Waals surface area contributed by atoms with Gasteiger partial charge in [-0.3, -0.25) is 4.79 Å². The zero-order chi connectivity index (χ0) is 15.1. The van der Waals surface area contributed by atoms with Gasteiger partial charge >= 0.3 is 0 Å². The molecule has 2 N–H and O–H groups in total. The van der Waals surface area contributed by atoms with Crippen molar-refractivity contribution < 1.29 is 4.79 Å². The first-order chi connectivity index (χ1) is 9.43. The van der Waals surface area contributed by atoms with Gasteiger partial charge in [0.1, 0.15) is 5.82 Å². The molecule has 0 aliphatic heterocycles. The molecule has 1 rings (SSSR count). The Morgan fingerprint density at radius 2 is 2.15 bits per heavy atom. The van der Waals surface area contributed by atoms with Crippen molar-refractivity contribution in [1.82, 2.24) is 15.6 Å². The lowest BCUT2D eigenvalue weighted by molar-refractivity contribution is -0.120. The van der Waals surface area contributed by atoms with E-state index in [0.717, 1.165) is 17.9 Å². The Hall–Kier alpha value is -1.62. The van der Waals surface area contributed by atoms with Gasteiger partial charge in [0, 0.05) is 45.8 Å². The summed E-state index contributed by atoms with van der Waals surface area (Å²) in [5.41, 5.74) is 2.31. The molecule has 112 valence electrons. The van der Waals surface area contributed by atoms with E-state index in [9.17, 15) is 4.79 Å². The summed E-state index contributed by atoms with van der Waals surface area (Å²) in [6.07, 6.45) is 2.37. The molecule has 0 unspecified atom stereocenters. The van der Waals surface area contributed by atoms with Gasteiger partial charge in [-0.15, -0.1) is 0 Å². The van der Waals surface area contributed by atoms with Crippen molar-refractivity contribution in [3.05, 3.63) is 23.4 Å². The number of pyridine rings is 1. The summed E-state index contributed by atoms with van der Waals surface area (Å²) in [5.74, 6) is 0.981. The van der Waals surface area contributed by atoms with E-state index in [4.69, 9.17) is 0 Å². The van der Waals surface area contributed by atoms with Gasteiger partial charge in [-0.25, -0.2) is 4.98 Å². The van der Waals surface area contributed by atoms with Gasteiger partial charge in [-0.1, -0.05) is 13.8 Å². The molecule has 0 aliphatic rings. The minimum atomic E-state index is 0.0484. The molecule has 0 saturated heterocycles. The molecule has 0 atom stereocenters. The van der Waals surface area contributed by atoms with Crippen LogP contribution in [-0.4, -0.2) is 37.6 Å². The minimum Gasteiger partial charge on any atom is -0.359 e. The van der Waals surface area contributed by atoms with Crippen LogP contribution in [0.2, 0.25) is 0 Å². The van der Waals surface area contributed by atoms with Crippen molar-refractivity contribution in [3.63, 3.8) is 0 Å². The standard InChI is InChI=1S/C15H26N4O/c1-11(2)17-9-13-8-12(3)15(18-10-13)19(5)7-6-14(20)16-4/h8,10-11,17H,6-7,9H2,1-5H3,(H,16,20). The topological polar surface area (TPSA) is 57.3 Å². The number of nitrogens with zero attached hydrogens (tertiary/aromatic N) is 2. The third-order valence-electron chi connectivity index (χ3n) is 3.14. The van der Waals surface area contributed by atoms with Gasteiger partial charge < -0.3 is 15.5 Å². The highest BCUT2D eigenvalue weighted by molar-refractivity contribution is 5.76. The predicted octanol–water partition coefficient (Wildman–Crippen LogP) is 1.46. The van der Waals surface area contributed by atoms with Gasteiger partial charge in [0.15, 0.2) is 0 Å². The summed E-state index contributed by atoms with van der Waals surface area (Å²) in [6, 6.07) is 2.61. The van der Waals surface area contributed by atoms with Gasteiger partial charge in [0.25, 0.3) is 0 Å². The highest BCUT2D eigenvalue weighted by Crippen LogP contribution is 2.17. The maximum Gasteiger partial charge on any atom is 0.221 e. The van der Waals surface area contributed by atoms with E-state index in [-0.39, 0.29) is 5.91 Å². The minimum absolute atomic E-state index is 0.0484. The van der Waals surface area contributed by atoms with Crippen LogP contribution in [0.3, 0.4) is 0 Å². The van der Waals surface area contributed by atoms with Gasteiger partial charge in [0.2, 0.25) is 5.91 Å². The second kappa shape index (κ2) is 7.85. The molecule has 1 aromatic heterocycles. The number of carbonyl (C=O) groups is 1. The predicted molar refractivity (Wildman–Crippen MR) is 82.9 cm³/mol. The van der Waals surface area contributed by atoms with Crippen LogP contribution in [0.1, 0.15) is 31.4 Å². The number of aryl methyl sites for hydroxylation is 1. The molecule has 0 fully saturated rings. The third-order valence-corrected chi connectivity index (χ3v) is 3.14. The molecule has 1 aromatic rings. The van der Waals surface area contributed by atoms with Crippen molar-refractivity contribution >= 4 is 11.7 Å². The maximum absolute atomic E-state index is 11.3. The Kier molecular flexibility index (Phi) is 6.45. The van der Waals surface area contributed by atoms with Gasteiger partial charge in [-0.2, -0.15) is 0 Å². The number of nitrogens with one attached hydrogen (secondary N) is 2. The second-order valence-electron chi connectivity index (χ2n) is 5.36. The lowest BCUT2D eigenvalue weighted by Crippen LogP contribution is -2.27. The average molecular weight is 278 g/mol. The van der Waals surface area contributed by atoms with Crippen LogP contribution < -0.4 is 15.5 Å². The molecule has 5 nitrogen and oxygen atoms in total. The van der Waals surface area contributed by atoms with Crippen molar-refractivity contribution in [3.8, 4) is 0 Å². The van der Waals surface area contributed by atoms with Crippen LogP contribution in [0.25, 0.3) is 0 Å². The first-order valence-electron chi connectivity index (χ1n) is 7.04. The third kappa shape index (κ3) is 5.17. The number of hydrogen-bond acceptors (Lipinski definition) is 4. The van der Waals surface area contributed by atoms with E-state index in [0.29, 0.717) is 19.0 Å². The molecular weight excluding hydrogens is 252 g/mol. The van der Waals surface area contributed by atoms with Crippen LogP contribution in [-0.2, 0) is 11.3 Å². The quantitative estimate of drug-likeness (QED) is 0.793. The SMILES string of the molecule is CNC(=O)CCN(C)c1ncc(CNC(C)C)cc1C. The highest BCUT2D eigenvalue weighted by Gasteiger charge is 2.09. The summed E-state index contributed by atoms with van der Waals surface area (Å²) in [6.45, 7) is 7.80. The van der Waals surface area contributed by atoms with Crippen LogP contribution in [0.4, 0.5) is 5.82 Å². The van der Waals surface area contributed by atoms with E-state index in [1.807, 2.05) is 18.1 Å². The number of anilines is 1. The Morgan fingerprint density at radius 3 is 2.70 bits per heavy atom. The fourth-order valence-electron chi connectivity index (χ4n) is 1.94. The normalized spacial score (nSPS) is 10.7. The molecule has 1 amide bonds. The second-order valence-corrected chi connectivity index (χ2v) is 5.36. The van der Waals surface area contributed by atoms with Crippen LogP contribution in [0.15, 0.2) is 12.3 Å². The Morgan fingerprint density at radius 1 is 1.45 bits per heavy atom. The van der Waals surface area contributed by atoms with Gasteiger partial charge in [-0.05, 0) is 24.1 Å². The van der Waals surface area contributed by atoms with Crippen LogP contribution in [0, 0.1) is 6.92 Å².